The SMILES string of the molecule is CC(NC(=O)c1cccc(NS(=O)(=O)c2ccc3c(c2)OCCO3)c1)c1ccncc1. The van der Waals surface area contributed by atoms with Crippen LogP contribution in [-0.2, 0) is 10.0 Å². The topological polar surface area (TPSA) is 107 Å². The highest BCUT2D eigenvalue weighted by Crippen LogP contribution is 2.32. The van der Waals surface area contributed by atoms with Crippen LogP contribution in [0.2, 0.25) is 0 Å². The number of nitrogens with zero attached hydrogens (tertiary/aromatic N) is 1. The Labute approximate surface area is 180 Å². The second kappa shape index (κ2) is 8.65. The summed E-state index contributed by atoms with van der Waals surface area (Å²) in [4.78, 5) is 16.6. The summed E-state index contributed by atoms with van der Waals surface area (Å²) in [6.45, 7) is 2.65. The number of amides is 1. The van der Waals surface area contributed by atoms with Gasteiger partial charge in [0.05, 0.1) is 10.9 Å². The lowest BCUT2D eigenvalue weighted by molar-refractivity contribution is 0.0940. The summed E-state index contributed by atoms with van der Waals surface area (Å²) in [6, 6.07) is 14.2. The van der Waals surface area contributed by atoms with Gasteiger partial charge in [-0.25, -0.2) is 8.42 Å². The molecule has 31 heavy (non-hydrogen) atoms. The standard InChI is InChI=1S/C22H21N3O5S/c1-15(16-7-9-23-10-8-16)24-22(26)17-3-2-4-18(13-17)25-31(27,28)19-5-6-20-21(14-19)30-12-11-29-20/h2-10,13-15,25H,11-12H2,1H3,(H,24,26). The zero-order valence-corrected chi connectivity index (χ0v) is 17.6. The van der Waals surface area contributed by atoms with Crippen LogP contribution in [0.3, 0.4) is 0 Å². The molecule has 1 aromatic heterocycles. The van der Waals surface area contributed by atoms with Crippen LogP contribution in [0.15, 0.2) is 71.9 Å². The molecule has 0 fully saturated rings. The number of carbonyl (C=O) groups is 1. The predicted octanol–water partition coefficient (Wildman–Crippen LogP) is 3.14. The lowest BCUT2D eigenvalue weighted by atomic mass is 10.1. The highest BCUT2D eigenvalue weighted by molar-refractivity contribution is 7.92. The van der Waals surface area contributed by atoms with Gasteiger partial charge >= 0.3 is 0 Å². The summed E-state index contributed by atoms with van der Waals surface area (Å²) in [7, 11) is -3.88. The minimum absolute atomic E-state index is 0.0397. The third-order valence-electron chi connectivity index (χ3n) is 4.75. The van der Waals surface area contributed by atoms with Crippen LogP contribution in [0.1, 0.15) is 28.9 Å². The van der Waals surface area contributed by atoms with Crippen molar-refractivity contribution >= 4 is 21.6 Å². The van der Waals surface area contributed by atoms with Gasteiger partial charge in [-0.3, -0.25) is 14.5 Å². The number of fused-ring (bicyclic) bond motifs is 1. The fourth-order valence-electron chi connectivity index (χ4n) is 3.14. The quantitative estimate of drug-likeness (QED) is 0.611. The molecule has 2 aromatic carbocycles. The van der Waals surface area contributed by atoms with Crippen LogP contribution >= 0.6 is 0 Å². The molecule has 1 aliphatic rings. The molecule has 160 valence electrons. The third kappa shape index (κ3) is 4.77. The van der Waals surface area contributed by atoms with Gasteiger partial charge in [0.15, 0.2) is 11.5 Å². The molecule has 0 bridgehead atoms. The summed E-state index contributed by atoms with van der Waals surface area (Å²) in [5, 5.41) is 2.89. The number of pyridine rings is 1. The summed E-state index contributed by atoms with van der Waals surface area (Å²) in [5.74, 6) is 0.573. The van der Waals surface area contributed by atoms with Crippen LogP contribution in [0, 0.1) is 0 Å². The number of benzene rings is 2. The predicted molar refractivity (Wildman–Crippen MR) is 115 cm³/mol. The monoisotopic (exact) mass is 439 g/mol. The van der Waals surface area contributed by atoms with E-state index in [4.69, 9.17) is 9.47 Å². The van der Waals surface area contributed by atoms with Crippen molar-refractivity contribution in [1.82, 2.24) is 10.3 Å². The molecule has 1 amide bonds. The fourth-order valence-corrected chi connectivity index (χ4v) is 4.21. The number of hydrogen-bond acceptors (Lipinski definition) is 6. The maximum absolute atomic E-state index is 12.8. The van der Waals surface area contributed by atoms with E-state index in [2.05, 4.69) is 15.0 Å². The van der Waals surface area contributed by atoms with Gasteiger partial charge in [0, 0.05) is 29.7 Å². The largest absolute Gasteiger partial charge is 0.486 e. The van der Waals surface area contributed by atoms with Crippen molar-refractivity contribution in [3.05, 3.63) is 78.1 Å². The molecule has 2 heterocycles. The zero-order chi connectivity index (χ0) is 21.8. The van der Waals surface area contributed by atoms with E-state index >= 15 is 0 Å². The molecule has 4 rings (SSSR count). The summed E-state index contributed by atoms with van der Waals surface area (Å²) < 4.78 is 39.0. The van der Waals surface area contributed by atoms with Gasteiger partial charge in [0.1, 0.15) is 13.2 Å². The maximum Gasteiger partial charge on any atom is 0.262 e. The van der Waals surface area contributed by atoms with E-state index in [0.29, 0.717) is 30.3 Å². The molecule has 1 atom stereocenters. The molecule has 3 aromatic rings. The minimum Gasteiger partial charge on any atom is -0.486 e. The smallest absolute Gasteiger partial charge is 0.262 e. The first-order valence-corrected chi connectivity index (χ1v) is 11.1. The number of carbonyl (C=O) groups excluding carboxylic acids is 1. The number of hydrogen-bond donors (Lipinski definition) is 2. The van der Waals surface area contributed by atoms with Crippen molar-refractivity contribution in [3.63, 3.8) is 0 Å². The number of nitrogens with one attached hydrogen (secondary N) is 2. The number of aromatic nitrogens is 1. The normalized spacial score (nSPS) is 13.8. The first-order valence-electron chi connectivity index (χ1n) is 9.66. The lowest BCUT2D eigenvalue weighted by Gasteiger charge is -2.19. The van der Waals surface area contributed by atoms with Gasteiger partial charge < -0.3 is 14.8 Å². The van der Waals surface area contributed by atoms with Gasteiger partial charge in [-0.1, -0.05) is 6.07 Å². The second-order valence-electron chi connectivity index (χ2n) is 6.97. The van der Waals surface area contributed by atoms with Gasteiger partial charge in [-0.15, -0.1) is 0 Å². The second-order valence-corrected chi connectivity index (χ2v) is 8.65. The molecule has 2 N–H and O–H groups in total. The van der Waals surface area contributed by atoms with Gasteiger partial charge in [-0.2, -0.15) is 0 Å². The summed E-state index contributed by atoms with van der Waals surface area (Å²) >= 11 is 0. The van der Waals surface area contributed by atoms with E-state index in [1.807, 2.05) is 19.1 Å². The molecular formula is C22H21N3O5S. The average Bonchev–Trinajstić information content (AvgIpc) is 2.79. The van der Waals surface area contributed by atoms with Crippen LogP contribution in [-0.4, -0.2) is 32.5 Å². The number of sulfonamides is 1. The number of anilines is 1. The van der Waals surface area contributed by atoms with Gasteiger partial charge in [-0.05, 0) is 55.0 Å². The highest BCUT2D eigenvalue weighted by atomic mass is 32.2. The van der Waals surface area contributed by atoms with Crippen molar-refractivity contribution in [2.75, 3.05) is 17.9 Å². The molecule has 0 saturated heterocycles. The molecular weight excluding hydrogens is 418 g/mol. The van der Waals surface area contributed by atoms with Gasteiger partial charge in [0.2, 0.25) is 0 Å². The Kier molecular flexibility index (Phi) is 5.77. The minimum atomic E-state index is -3.88. The summed E-state index contributed by atoms with van der Waals surface area (Å²) in [5.41, 5.74) is 1.53. The summed E-state index contributed by atoms with van der Waals surface area (Å²) in [6.07, 6.45) is 3.32. The number of rotatable bonds is 6. The van der Waals surface area contributed by atoms with Crippen molar-refractivity contribution in [2.45, 2.75) is 17.9 Å². The molecule has 8 nitrogen and oxygen atoms in total. The molecule has 0 aliphatic carbocycles. The molecule has 0 saturated carbocycles. The van der Waals surface area contributed by atoms with Crippen LogP contribution < -0.4 is 19.5 Å². The van der Waals surface area contributed by atoms with E-state index in [1.54, 1.807) is 36.7 Å². The van der Waals surface area contributed by atoms with Crippen molar-refractivity contribution in [1.29, 1.82) is 0 Å². The van der Waals surface area contributed by atoms with Gasteiger partial charge in [0.25, 0.3) is 15.9 Å². The Morgan fingerprint density at radius 2 is 1.74 bits per heavy atom. The first-order chi connectivity index (χ1) is 14.9. The Hall–Kier alpha value is -3.59. The zero-order valence-electron chi connectivity index (χ0n) is 16.7. The molecule has 9 heteroatoms. The Bertz CT molecular complexity index is 1200. The molecule has 0 spiro atoms. The molecule has 1 unspecified atom stereocenters. The van der Waals surface area contributed by atoms with E-state index in [1.165, 1.54) is 18.2 Å². The molecule has 1 aliphatic heterocycles. The van der Waals surface area contributed by atoms with E-state index in [9.17, 15) is 13.2 Å². The van der Waals surface area contributed by atoms with E-state index < -0.39 is 10.0 Å². The van der Waals surface area contributed by atoms with Crippen molar-refractivity contribution < 1.29 is 22.7 Å². The van der Waals surface area contributed by atoms with E-state index in [0.717, 1.165) is 5.56 Å². The maximum atomic E-state index is 12.8. The van der Waals surface area contributed by atoms with Crippen molar-refractivity contribution in [2.24, 2.45) is 0 Å². The first kappa shape index (κ1) is 20.7. The van der Waals surface area contributed by atoms with Crippen molar-refractivity contribution in [3.8, 4) is 11.5 Å². The molecule has 0 radical (unpaired) electrons. The lowest BCUT2D eigenvalue weighted by Crippen LogP contribution is -2.26. The Morgan fingerprint density at radius 1 is 1.00 bits per heavy atom. The average molecular weight is 439 g/mol. The third-order valence-corrected chi connectivity index (χ3v) is 6.13. The van der Waals surface area contributed by atoms with Crippen LogP contribution in [0.5, 0.6) is 11.5 Å². The Balaban J connectivity index is 1.49. The Morgan fingerprint density at radius 3 is 2.52 bits per heavy atom. The highest BCUT2D eigenvalue weighted by Gasteiger charge is 2.20. The number of ether oxygens (including phenoxy) is 2. The van der Waals surface area contributed by atoms with Crippen LogP contribution in [0.25, 0.3) is 0 Å². The van der Waals surface area contributed by atoms with Crippen LogP contribution in [0.4, 0.5) is 5.69 Å². The van der Waals surface area contributed by atoms with E-state index in [-0.39, 0.29) is 22.5 Å². The fraction of sp³-hybridized carbons (Fsp3) is 0.182.